The quantitative estimate of drug-likeness (QED) is 0.796. The molecule has 0 atom stereocenters. The van der Waals surface area contributed by atoms with Gasteiger partial charge < -0.3 is 5.11 Å². The lowest BCUT2D eigenvalue weighted by molar-refractivity contribution is 0.285. The van der Waals surface area contributed by atoms with Crippen molar-refractivity contribution in [3.63, 3.8) is 0 Å². The highest BCUT2D eigenvalue weighted by Gasteiger charge is 2.01. The first-order chi connectivity index (χ1) is 6.79. The lowest BCUT2D eigenvalue weighted by atomic mass is 10.1. The highest BCUT2D eigenvalue weighted by Crippen LogP contribution is 2.28. The third kappa shape index (κ3) is 1.86. The van der Waals surface area contributed by atoms with Crippen molar-refractivity contribution in [1.82, 2.24) is 0 Å². The van der Waals surface area contributed by atoms with E-state index in [9.17, 15) is 0 Å². The molecule has 1 aromatic carbocycles. The number of benzene rings is 1. The van der Waals surface area contributed by atoms with Gasteiger partial charge in [0.15, 0.2) is 0 Å². The third-order valence-electron chi connectivity index (χ3n) is 2.12. The van der Waals surface area contributed by atoms with Gasteiger partial charge in [-0.3, -0.25) is 0 Å². The smallest absolute Gasteiger partial charge is 0.0774 e. The molecule has 0 radical (unpaired) electrons. The van der Waals surface area contributed by atoms with E-state index in [0.717, 1.165) is 4.88 Å². The molecular formula is C12H12OS. The van der Waals surface area contributed by atoms with Crippen LogP contribution in [0.5, 0.6) is 0 Å². The van der Waals surface area contributed by atoms with E-state index in [1.807, 2.05) is 6.07 Å². The van der Waals surface area contributed by atoms with Crippen LogP contribution in [0.1, 0.15) is 10.4 Å². The number of aliphatic hydroxyl groups is 1. The highest BCUT2D eigenvalue weighted by molar-refractivity contribution is 7.15. The van der Waals surface area contributed by atoms with Gasteiger partial charge in [-0.15, -0.1) is 11.3 Å². The van der Waals surface area contributed by atoms with Crippen molar-refractivity contribution in [3.8, 4) is 10.4 Å². The van der Waals surface area contributed by atoms with Gasteiger partial charge in [0.1, 0.15) is 0 Å². The predicted octanol–water partition coefficient (Wildman–Crippen LogP) is 3.22. The summed E-state index contributed by atoms with van der Waals surface area (Å²) in [5.74, 6) is 0. The van der Waals surface area contributed by atoms with Crippen LogP contribution in [0.15, 0.2) is 36.4 Å². The van der Waals surface area contributed by atoms with Crippen LogP contribution in [-0.2, 0) is 6.61 Å². The summed E-state index contributed by atoms with van der Waals surface area (Å²) in [4.78, 5) is 2.24. The van der Waals surface area contributed by atoms with Gasteiger partial charge in [0, 0.05) is 9.75 Å². The van der Waals surface area contributed by atoms with Crippen molar-refractivity contribution in [3.05, 3.63) is 46.8 Å². The minimum Gasteiger partial charge on any atom is -0.391 e. The van der Waals surface area contributed by atoms with Crippen molar-refractivity contribution in [2.24, 2.45) is 0 Å². The van der Waals surface area contributed by atoms with E-state index in [0.29, 0.717) is 0 Å². The Morgan fingerprint density at radius 1 is 1.21 bits per heavy atom. The summed E-state index contributed by atoms with van der Waals surface area (Å²) in [5, 5.41) is 8.96. The Kier molecular flexibility index (Phi) is 2.66. The topological polar surface area (TPSA) is 20.2 Å². The Hall–Kier alpha value is -1.12. The second kappa shape index (κ2) is 3.95. The van der Waals surface area contributed by atoms with Crippen LogP contribution in [0, 0.1) is 6.92 Å². The highest BCUT2D eigenvalue weighted by atomic mass is 32.1. The number of aliphatic hydroxyl groups excluding tert-OH is 1. The molecule has 0 amide bonds. The predicted molar refractivity (Wildman–Crippen MR) is 60.4 cm³/mol. The van der Waals surface area contributed by atoms with Gasteiger partial charge in [0.2, 0.25) is 0 Å². The zero-order chi connectivity index (χ0) is 9.97. The first-order valence-electron chi connectivity index (χ1n) is 4.56. The maximum absolute atomic E-state index is 8.96. The zero-order valence-electron chi connectivity index (χ0n) is 8.03. The Balaban J connectivity index is 2.39. The van der Waals surface area contributed by atoms with Gasteiger partial charge in [0.25, 0.3) is 0 Å². The largest absolute Gasteiger partial charge is 0.391 e. The number of hydrogen-bond donors (Lipinski definition) is 1. The van der Waals surface area contributed by atoms with E-state index < -0.39 is 0 Å². The molecule has 0 unspecified atom stereocenters. The monoisotopic (exact) mass is 204 g/mol. The summed E-state index contributed by atoms with van der Waals surface area (Å²) in [6.07, 6.45) is 0. The number of hydrogen-bond acceptors (Lipinski definition) is 2. The molecule has 0 bridgehead atoms. The zero-order valence-corrected chi connectivity index (χ0v) is 8.84. The van der Waals surface area contributed by atoms with E-state index in [1.165, 1.54) is 16.0 Å². The Labute approximate surface area is 87.7 Å². The minimum atomic E-state index is 0.135. The Bertz CT molecular complexity index is 431. The molecule has 0 aliphatic heterocycles. The van der Waals surface area contributed by atoms with Gasteiger partial charge in [-0.1, -0.05) is 29.8 Å². The summed E-state index contributed by atoms with van der Waals surface area (Å²) < 4.78 is 0. The fourth-order valence-corrected chi connectivity index (χ4v) is 2.28. The van der Waals surface area contributed by atoms with Crippen molar-refractivity contribution >= 4 is 11.3 Å². The minimum absolute atomic E-state index is 0.135. The molecular weight excluding hydrogens is 192 g/mol. The molecule has 14 heavy (non-hydrogen) atoms. The molecule has 0 aliphatic rings. The van der Waals surface area contributed by atoms with Gasteiger partial charge in [-0.05, 0) is 24.6 Å². The van der Waals surface area contributed by atoms with Crippen molar-refractivity contribution < 1.29 is 5.11 Å². The van der Waals surface area contributed by atoms with E-state index in [4.69, 9.17) is 5.11 Å². The Morgan fingerprint density at radius 2 is 2.07 bits per heavy atom. The van der Waals surface area contributed by atoms with Gasteiger partial charge in [-0.25, -0.2) is 0 Å². The average molecular weight is 204 g/mol. The molecule has 72 valence electrons. The normalized spacial score (nSPS) is 10.4. The van der Waals surface area contributed by atoms with Crippen LogP contribution in [-0.4, -0.2) is 5.11 Å². The van der Waals surface area contributed by atoms with E-state index in [-0.39, 0.29) is 6.61 Å². The van der Waals surface area contributed by atoms with Gasteiger partial charge in [0.05, 0.1) is 6.61 Å². The number of aryl methyl sites for hydroxylation is 1. The van der Waals surface area contributed by atoms with Crippen LogP contribution in [0.3, 0.4) is 0 Å². The van der Waals surface area contributed by atoms with Crippen molar-refractivity contribution in [2.45, 2.75) is 13.5 Å². The van der Waals surface area contributed by atoms with Crippen molar-refractivity contribution in [1.29, 1.82) is 0 Å². The molecule has 0 spiro atoms. The lowest BCUT2D eigenvalue weighted by Crippen LogP contribution is -1.74. The van der Waals surface area contributed by atoms with E-state index >= 15 is 0 Å². The molecule has 1 N–H and O–H groups in total. The van der Waals surface area contributed by atoms with E-state index in [1.54, 1.807) is 11.3 Å². The van der Waals surface area contributed by atoms with E-state index in [2.05, 4.69) is 37.3 Å². The fraction of sp³-hybridized carbons (Fsp3) is 0.167. The molecule has 0 saturated heterocycles. The summed E-state index contributed by atoms with van der Waals surface area (Å²) in [6.45, 7) is 2.22. The standard InChI is InChI=1S/C12H12OS/c1-9-3-2-4-10(7-9)12-6-5-11(8-13)14-12/h2-7,13H,8H2,1H3. The molecule has 1 aromatic heterocycles. The summed E-state index contributed by atoms with van der Waals surface area (Å²) in [5.41, 5.74) is 2.50. The first kappa shape index (κ1) is 9.44. The first-order valence-corrected chi connectivity index (χ1v) is 5.38. The molecule has 2 heteroatoms. The van der Waals surface area contributed by atoms with Crippen LogP contribution >= 0.6 is 11.3 Å². The number of rotatable bonds is 2. The SMILES string of the molecule is Cc1cccc(-c2ccc(CO)s2)c1. The second-order valence-electron chi connectivity index (χ2n) is 3.29. The Morgan fingerprint density at radius 3 is 2.71 bits per heavy atom. The molecule has 0 aliphatic carbocycles. The summed E-state index contributed by atoms with van der Waals surface area (Å²) >= 11 is 1.64. The number of thiophene rings is 1. The molecule has 1 nitrogen and oxygen atoms in total. The van der Waals surface area contributed by atoms with Crippen LogP contribution in [0.2, 0.25) is 0 Å². The second-order valence-corrected chi connectivity index (χ2v) is 4.46. The molecule has 2 aromatic rings. The molecule has 0 fully saturated rings. The van der Waals surface area contributed by atoms with Crippen LogP contribution in [0.25, 0.3) is 10.4 Å². The molecule has 1 heterocycles. The average Bonchev–Trinajstić information content (AvgIpc) is 2.66. The summed E-state index contributed by atoms with van der Waals surface area (Å²) in [7, 11) is 0. The maximum Gasteiger partial charge on any atom is 0.0774 e. The van der Waals surface area contributed by atoms with Gasteiger partial charge >= 0.3 is 0 Å². The molecule has 2 rings (SSSR count). The van der Waals surface area contributed by atoms with Gasteiger partial charge in [-0.2, -0.15) is 0 Å². The van der Waals surface area contributed by atoms with Crippen LogP contribution in [0.4, 0.5) is 0 Å². The summed E-state index contributed by atoms with van der Waals surface area (Å²) in [6, 6.07) is 12.4. The lowest BCUT2D eigenvalue weighted by Gasteiger charge is -1.98. The van der Waals surface area contributed by atoms with Crippen LogP contribution < -0.4 is 0 Å². The molecule has 0 saturated carbocycles. The fourth-order valence-electron chi connectivity index (χ4n) is 1.42. The van der Waals surface area contributed by atoms with Crippen molar-refractivity contribution in [2.75, 3.05) is 0 Å². The third-order valence-corrected chi connectivity index (χ3v) is 3.24. The maximum atomic E-state index is 8.96.